The molecule has 0 unspecified atom stereocenters. The monoisotopic (exact) mass is 482 g/mol. The Kier molecular flexibility index (Phi) is 9.21. The summed E-state index contributed by atoms with van der Waals surface area (Å²) in [6.07, 6.45) is 5.30. The van der Waals surface area contributed by atoms with Crippen LogP contribution in [0.2, 0.25) is 0 Å². The number of hydrogen-bond donors (Lipinski definition) is 0. The highest BCUT2D eigenvalue weighted by atomic mass is 16.6. The maximum Gasteiger partial charge on any atom is 0.118 e. The zero-order valence-electron chi connectivity index (χ0n) is 21.1. The van der Waals surface area contributed by atoms with Crippen molar-refractivity contribution in [2.75, 3.05) is 14.2 Å². The van der Waals surface area contributed by atoms with Gasteiger partial charge in [0.05, 0.1) is 64.1 Å². The van der Waals surface area contributed by atoms with Gasteiger partial charge in [-0.2, -0.15) is 0 Å². The fourth-order valence-electron chi connectivity index (χ4n) is 4.91. The lowest BCUT2D eigenvalue weighted by molar-refractivity contribution is -0.0815. The van der Waals surface area contributed by atoms with Gasteiger partial charge in [0.2, 0.25) is 0 Å². The first kappa shape index (κ1) is 25.7. The Hall–Kier alpha value is -2.38. The molecule has 0 saturated carbocycles. The second-order valence-electron chi connectivity index (χ2n) is 9.23. The number of benzene rings is 2. The van der Waals surface area contributed by atoms with Crippen LogP contribution in [0.25, 0.3) is 0 Å². The molecular formula is C29H38O6. The summed E-state index contributed by atoms with van der Waals surface area (Å²) in [6, 6.07) is 16.0. The molecule has 6 heteroatoms. The summed E-state index contributed by atoms with van der Waals surface area (Å²) < 4.78 is 36.0. The van der Waals surface area contributed by atoms with E-state index in [1.165, 1.54) is 0 Å². The third-order valence-corrected chi connectivity index (χ3v) is 6.92. The van der Waals surface area contributed by atoms with E-state index in [0.717, 1.165) is 48.3 Å². The first-order valence-corrected chi connectivity index (χ1v) is 12.5. The van der Waals surface area contributed by atoms with E-state index in [4.69, 9.17) is 28.4 Å². The summed E-state index contributed by atoms with van der Waals surface area (Å²) in [7, 11) is 3.34. The van der Waals surface area contributed by atoms with Gasteiger partial charge in [0.25, 0.3) is 0 Å². The summed E-state index contributed by atoms with van der Waals surface area (Å²) in [5, 5.41) is 0. The van der Waals surface area contributed by atoms with E-state index < -0.39 is 0 Å². The third-order valence-electron chi connectivity index (χ3n) is 6.92. The van der Waals surface area contributed by atoms with Gasteiger partial charge in [0, 0.05) is 12.8 Å². The summed E-state index contributed by atoms with van der Waals surface area (Å²) in [4.78, 5) is 0. The van der Waals surface area contributed by atoms with Crippen LogP contribution in [0.15, 0.2) is 61.2 Å². The smallest absolute Gasteiger partial charge is 0.118 e. The Morgan fingerprint density at radius 2 is 1.23 bits per heavy atom. The lowest BCUT2D eigenvalue weighted by Crippen LogP contribution is -2.26. The third kappa shape index (κ3) is 6.64. The van der Waals surface area contributed by atoms with E-state index in [1.54, 1.807) is 14.2 Å². The number of ether oxygens (including phenoxy) is 6. The summed E-state index contributed by atoms with van der Waals surface area (Å²) in [5.41, 5.74) is 2.24. The van der Waals surface area contributed by atoms with Gasteiger partial charge in [-0.3, -0.25) is 0 Å². The first-order chi connectivity index (χ1) is 17.1. The van der Waals surface area contributed by atoms with E-state index in [2.05, 4.69) is 13.5 Å². The minimum Gasteiger partial charge on any atom is -0.497 e. The predicted molar refractivity (Wildman–Crippen MR) is 135 cm³/mol. The highest BCUT2D eigenvalue weighted by Gasteiger charge is 2.45. The molecule has 2 aromatic carbocycles. The van der Waals surface area contributed by atoms with Crippen molar-refractivity contribution in [3.05, 3.63) is 72.3 Å². The van der Waals surface area contributed by atoms with Crippen molar-refractivity contribution in [3.8, 4) is 11.5 Å². The highest BCUT2D eigenvalue weighted by molar-refractivity contribution is 5.27. The second kappa shape index (κ2) is 12.5. The highest BCUT2D eigenvalue weighted by Crippen LogP contribution is 2.36. The molecule has 2 aromatic rings. The molecule has 0 aliphatic carbocycles. The summed E-state index contributed by atoms with van der Waals surface area (Å²) in [6.45, 7) is 7.15. The van der Waals surface area contributed by atoms with E-state index in [-0.39, 0.29) is 36.6 Å². The minimum atomic E-state index is -0.0151. The molecule has 6 nitrogen and oxygen atoms in total. The Morgan fingerprint density at radius 1 is 0.771 bits per heavy atom. The average molecular weight is 483 g/mol. The van der Waals surface area contributed by atoms with Crippen LogP contribution in [0.3, 0.4) is 0 Å². The molecule has 190 valence electrons. The first-order valence-electron chi connectivity index (χ1n) is 12.5. The van der Waals surface area contributed by atoms with E-state index in [0.29, 0.717) is 13.2 Å². The zero-order valence-corrected chi connectivity index (χ0v) is 21.1. The SMILES string of the molecule is C=CC[C@@H]1O[C@H]([C@H]2C[C@H](OCc3ccc(OC)cc3)[C@@H](CC)O2)C[C@@H]1OCc1ccc(OC)cc1. The molecule has 2 aliphatic rings. The van der Waals surface area contributed by atoms with Crippen LogP contribution in [0.1, 0.15) is 43.7 Å². The lowest BCUT2D eigenvalue weighted by atomic mass is 10.0. The molecule has 6 atom stereocenters. The van der Waals surface area contributed by atoms with Crippen molar-refractivity contribution in [3.63, 3.8) is 0 Å². The molecule has 2 saturated heterocycles. The molecule has 2 fully saturated rings. The molecular weight excluding hydrogens is 444 g/mol. The van der Waals surface area contributed by atoms with Crippen molar-refractivity contribution < 1.29 is 28.4 Å². The van der Waals surface area contributed by atoms with Crippen molar-refractivity contribution in [2.24, 2.45) is 0 Å². The van der Waals surface area contributed by atoms with Crippen LogP contribution in [0, 0.1) is 0 Å². The topological polar surface area (TPSA) is 55.4 Å². The molecule has 4 rings (SSSR count). The molecule has 0 radical (unpaired) electrons. The van der Waals surface area contributed by atoms with Gasteiger partial charge >= 0.3 is 0 Å². The normalized spacial score (nSPS) is 28.2. The van der Waals surface area contributed by atoms with Gasteiger partial charge in [0.15, 0.2) is 0 Å². The Morgan fingerprint density at radius 3 is 1.66 bits per heavy atom. The van der Waals surface area contributed by atoms with Crippen LogP contribution < -0.4 is 9.47 Å². The molecule has 0 amide bonds. The standard InChI is InChI=1S/C29H38O6/c1-5-7-25-27(33-19-21-10-14-23(31-4)15-11-21)17-29(35-25)28-16-26(24(6-2)34-28)32-18-20-8-12-22(30-3)13-9-20/h5,8-15,24-29H,1,6-7,16-19H2,2-4H3/t24-,25+,26+,27+,28-,29+/m1/s1. The number of methoxy groups -OCH3 is 2. The molecule has 35 heavy (non-hydrogen) atoms. The van der Waals surface area contributed by atoms with Crippen LogP contribution >= 0.6 is 0 Å². The predicted octanol–water partition coefficient (Wildman–Crippen LogP) is 5.48. The van der Waals surface area contributed by atoms with Crippen LogP contribution in [-0.2, 0) is 32.2 Å². The largest absolute Gasteiger partial charge is 0.497 e. The van der Waals surface area contributed by atoms with E-state index in [9.17, 15) is 0 Å². The summed E-state index contributed by atoms with van der Waals surface area (Å²) in [5.74, 6) is 1.69. The minimum absolute atomic E-state index is 0.00252. The van der Waals surface area contributed by atoms with Gasteiger partial charge < -0.3 is 28.4 Å². The van der Waals surface area contributed by atoms with Gasteiger partial charge in [-0.15, -0.1) is 6.58 Å². The van der Waals surface area contributed by atoms with Gasteiger partial charge in [0.1, 0.15) is 11.5 Å². The van der Waals surface area contributed by atoms with Crippen LogP contribution in [0.5, 0.6) is 11.5 Å². The quantitative estimate of drug-likeness (QED) is 0.374. The second-order valence-corrected chi connectivity index (χ2v) is 9.23. The van der Waals surface area contributed by atoms with Crippen molar-refractivity contribution in [1.82, 2.24) is 0 Å². The number of rotatable bonds is 12. The molecule has 2 aliphatic heterocycles. The van der Waals surface area contributed by atoms with Crippen molar-refractivity contribution >= 4 is 0 Å². The molecule has 0 bridgehead atoms. The molecule has 0 N–H and O–H groups in total. The molecule has 0 spiro atoms. The molecule has 2 heterocycles. The van der Waals surface area contributed by atoms with Gasteiger partial charge in [-0.05, 0) is 48.2 Å². The molecule has 0 aromatic heterocycles. The van der Waals surface area contributed by atoms with E-state index in [1.807, 2.05) is 54.6 Å². The zero-order chi connectivity index (χ0) is 24.6. The lowest BCUT2D eigenvalue weighted by Gasteiger charge is -2.19. The van der Waals surface area contributed by atoms with E-state index >= 15 is 0 Å². The summed E-state index contributed by atoms with van der Waals surface area (Å²) >= 11 is 0. The van der Waals surface area contributed by atoms with Crippen molar-refractivity contribution in [2.45, 2.75) is 82.4 Å². The maximum atomic E-state index is 6.44. The Bertz CT molecular complexity index is 912. The van der Waals surface area contributed by atoms with Gasteiger partial charge in [-0.1, -0.05) is 37.3 Å². The van der Waals surface area contributed by atoms with Crippen molar-refractivity contribution in [1.29, 1.82) is 0 Å². The maximum absolute atomic E-state index is 6.44. The fourth-order valence-corrected chi connectivity index (χ4v) is 4.91. The Labute approximate surface area is 209 Å². The van der Waals surface area contributed by atoms with Crippen LogP contribution in [0.4, 0.5) is 0 Å². The fraction of sp³-hybridized carbons (Fsp3) is 0.517. The Balaban J connectivity index is 1.32. The average Bonchev–Trinajstić information content (AvgIpc) is 3.51. The van der Waals surface area contributed by atoms with Crippen LogP contribution in [-0.4, -0.2) is 50.8 Å². The number of hydrogen-bond acceptors (Lipinski definition) is 6. The van der Waals surface area contributed by atoms with Gasteiger partial charge in [-0.25, -0.2) is 0 Å².